The van der Waals surface area contributed by atoms with Gasteiger partial charge in [-0.05, 0) is 61.0 Å². The van der Waals surface area contributed by atoms with Gasteiger partial charge >= 0.3 is 0 Å². The van der Waals surface area contributed by atoms with Crippen molar-refractivity contribution >= 4 is 40.5 Å². The summed E-state index contributed by atoms with van der Waals surface area (Å²) >= 11 is 0. The van der Waals surface area contributed by atoms with E-state index >= 15 is 0 Å². The molecule has 0 unspecified atom stereocenters. The fourth-order valence-corrected chi connectivity index (χ4v) is 3.21. The molecule has 0 saturated carbocycles. The van der Waals surface area contributed by atoms with E-state index in [1.165, 1.54) is 0 Å². The highest BCUT2D eigenvalue weighted by atomic mass is 16.2. The Kier molecular flexibility index (Phi) is 8.18. The molecule has 0 aliphatic heterocycles. The van der Waals surface area contributed by atoms with E-state index in [2.05, 4.69) is 16.0 Å². The lowest BCUT2D eigenvalue weighted by atomic mass is 10.1. The number of para-hydroxylation sites is 1. The summed E-state index contributed by atoms with van der Waals surface area (Å²) in [6, 6.07) is 23.4. The van der Waals surface area contributed by atoms with E-state index in [-0.39, 0.29) is 24.3 Å². The molecule has 0 spiro atoms. The third-order valence-electron chi connectivity index (χ3n) is 4.94. The molecule has 3 N–H and O–H groups in total. The summed E-state index contributed by atoms with van der Waals surface area (Å²) in [7, 11) is 1.73. The van der Waals surface area contributed by atoms with Gasteiger partial charge in [0.15, 0.2) is 0 Å². The van der Waals surface area contributed by atoms with Gasteiger partial charge in [0.25, 0.3) is 5.91 Å². The second kappa shape index (κ2) is 11.5. The maximum atomic E-state index is 12.7. The smallest absolute Gasteiger partial charge is 0.258 e. The fraction of sp³-hybridized carbons (Fsp3) is 0.192. The number of carbonyl (C=O) groups is 3. The fourth-order valence-electron chi connectivity index (χ4n) is 3.21. The molecule has 3 aromatic rings. The summed E-state index contributed by atoms with van der Waals surface area (Å²) in [5, 5.41) is 8.67. The van der Waals surface area contributed by atoms with Crippen molar-refractivity contribution in [1.29, 1.82) is 0 Å². The van der Waals surface area contributed by atoms with Gasteiger partial charge in [-0.3, -0.25) is 14.4 Å². The highest BCUT2D eigenvalue weighted by molar-refractivity contribution is 6.06. The van der Waals surface area contributed by atoms with Gasteiger partial charge < -0.3 is 20.9 Å². The van der Waals surface area contributed by atoms with Gasteiger partial charge in [-0.15, -0.1) is 0 Å². The van der Waals surface area contributed by atoms with Crippen molar-refractivity contribution in [2.45, 2.75) is 19.8 Å². The van der Waals surface area contributed by atoms with Gasteiger partial charge in [-0.1, -0.05) is 31.2 Å². The second-order valence-corrected chi connectivity index (χ2v) is 7.56. The third-order valence-corrected chi connectivity index (χ3v) is 4.94. The normalized spacial score (nSPS) is 10.2. The number of rotatable bonds is 9. The molecule has 0 aliphatic carbocycles. The first-order valence-corrected chi connectivity index (χ1v) is 10.8. The highest BCUT2D eigenvalue weighted by Crippen LogP contribution is 2.18. The molecule has 170 valence electrons. The minimum absolute atomic E-state index is 0.0560. The Hall–Kier alpha value is -4.13. The van der Waals surface area contributed by atoms with Gasteiger partial charge in [0, 0.05) is 41.8 Å². The number of benzene rings is 3. The summed E-state index contributed by atoms with van der Waals surface area (Å²) < 4.78 is 0. The van der Waals surface area contributed by atoms with E-state index in [4.69, 9.17) is 0 Å². The predicted octanol–water partition coefficient (Wildman–Crippen LogP) is 4.75. The molecule has 0 heterocycles. The molecule has 3 amide bonds. The van der Waals surface area contributed by atoms with E-state index < -0.39 is 0 Å². The number of hydrogen-bond donors (Lipinski definition) is 3. The van der Waals surface area contributed by atoms with Crippen LogP contribution in [0, 0.1) is 0 Å². The van der Waals surface area contributed by atoms with Crippen LogP contribution in [0.1, 0.15) is 30.1 Å². The number of carbonyl (C=O) groups excluding carboxylic acids is 3. The Bertz CT molecular complexity index is 1100. The Labute approximate surface area is 193 Å². The third kappa shape index (κ3) is 6.93. The Balaban J connectivity index is 1.51. The maximum Gasteiger partial charge on any atom is 0.258 e. The molecule has 33 heavy (non-hydrogen) atoms. The largest absolute Gasteiger partial charge is 0.376 e. The molecule has 0 fully saturated rings. The topological polar surface area (TPSA) is 90.5 Å². The van der Waals surface area contributed by atoms with Crippen molar-refractivity contribution < 1.29 is 14.4 Å². The first-order valence-electron chi connectivity index (χ1n) is 10.8. The Morgan fingerprint density at radius 3 is 2.03 bits per heavy atom. The first kappa shape index (κ1) is 23.5. The minimum Gasteiger partial charge on any atom is -0.376 e. The van der Waals surface area contributed by atoms with Crippen molar-refractivity contribution in [2.75, 3.05) is 34.4 Å². The zero-order chi connectivity index (χ0) is 23.6. The van der Waals surface area contributed by atoms with Gasteiger partial charge in [-0.25, -0.2) is 0 Å². The monoisotopic (exact) mass is 444 g/mol. The standard InChI is InChI=1S/C26H28N4O3/c1-3-8-24(31)28-21-9-7-10-22(17-21)29-25(32)18-27-20-15-13-19(14-16-20)26(33)30(2)23-11-5-4-6-12-23/h4-7,9-17,27H,3,8,18H2,1-2H3,(H,28,31)(H,29,32). The molecule has 7 heteroatoms. The summed E-state index contributed by atoms with van der Waals surface area (Å²) in [5.41, 5.74) is 3.33. The average molecular weight is 445 g/mol. The van der Waals surface area contributed by atoms with Crippen LogP contribution in [0.5, 0.6) is 0 Å². The molecule has 3 aromatic carbocycles. The summed E-state index contributed by atoms with van der Waals surface area (Å²) in [4.78, 5) is 38.3. The van der Waals surface area contributed by atoms with Gasteiger partial charge in [0.1, 0.15) is 0 Å². The molecule has 0 bridgehead atoms. The van der Waals surface area contributed by atoms with E-state index in [1.54, 1.807) is 60.5 Å². The van der Waals surface area contributed by atoms with Crippen molar-refractivity contribution in [2.24, 2.45) is 0 Å². The maximum absolute atomic E-state index is 12.7. The second-order valence-electron chi connectivity index (χ2n) is 7.56. The van der Waals surface area contributed by atoms with Crippen molar-refractivity contribution in [3.05, 3.63) is 84.4 Å². The highest BCUT2D eigenvalue weighted by Gasteiger charge is 2.13. The van der Waals surface area contributed by atoms with Crippen LogP contribution in [0.15, 0.2) is 78.9 Å². The van der Waals surface area contributed by atoms with E-state index in [0.717, 1.165) is 17.8 Å². The predicted molar refractivity (Wildman–Crippen MR) is 133 cm³/mol. The molecule has 3 rings (SSSR count). The number of hydrogen-bond acceptors (Lipinski definition) is 4. The molecule has 0 aromatic heterocycles. The van der Waals surface area contributed by atoms with Crippen LogP contribution in [0.4, 0.5) is 22.7 Å². The van der Waals surface area contributed by atoms with Crippen molar-refractivity contribution in [3.8, 4) is 0 Å². The van der Waals surface area contributed by atoms with Gasteiger partial charge in [0.05, 0.1) is 6.54 Å². The van der Waals surface area contributed by atoms with E-state index in [0.29, 0.717) is 23.4 Å². The molecule has 0 radical (unpaired) electrons. The van der Waals surface area contributed by atoms with Crippen LogP contribution in [-0.4, -0.2) is 31.3 Å². The molecule has 0 saturated heterocycles. The van der Waals surface area contributed by atoms with Crippen LogP contribution >= 0.6 is 0 Å². The molecule has 0 aliphatic rings. The molecule has 7 nitrogen and oxygen atoms in total. The van der Waals surface area contributed by atoms with Crippen LogP contribution < -0.4 is 20.9 Å². The molecule has 0 atom stereocenters. The van der Waals surface area contributed by atoms with Crippen LogP contribution in [0.3, 0.4) is 0 Å². The Morgan fingerprint density at radius 1 is 0.758 bits per heavy atom. The van der Waals surface area contributed by atoms with Crippen LogP contribution in [-0.2, 0) is 9.59 Å². The lowest BCUT2D eigenvalue weighted by Gasteiger charge is -2.17. The zero-order valence-corrected chi connectivity index (χ0v) is 18.8. The van der Waals surface area contributed by atoms with Crippen LogP contribution in [0.2, 0.25) is 0 Å². The number of anilines is 4. The summed E-state index contributed by atoms with van der Waals surface area (Å²) in [6.07, 6.45) is 1.22. The van der Waals surface area contributed by atoms with Gasteiger partial charge in [-0.2, -0.15) is 0 Å². The van der Waals surface area contributed by atoms with Crippen molar-refractivity contribution in [1.82, 2.24) is 0 Å². The summed E-state index contributed by atoms with van der Waals surface area (Å²) in [5.74, 6) is -0.396. The lowest BCUT2D eigenvalue weighted by Crippen LogP contribution is -2.26. The number of nitrogens with zero attached hydrogens (tertiary/aromatic N) is 1. The first-order chi connectivity index (χ1) is 16.0. The average Bonchev–Trinajstić information content (AvgIpc) is 2.83. The Morgan fingerprint density at radius 2 is 1.39 bits per heavy atom. The SMILES string of the molecule is CCCC(=O)Nc1cccc(NC(=O)CNc2ccc(C(=O)N(C)c3ccccc3)cc2)c1. The lowest BCUT2D eigenvalue weighted by molar-refractivity contribution is -0.116. The number of nitrogens with one attached hydrogen (secondary N) is 3. The van der Waals surface area contributed by atoms with Crippen molar-refractivity contribution in [3.63, 3.8) is 0 Å². The quantitative estimate of drug-likeness (QED) is 0.444. The van der Waals surface area contributed by atoms with Gasteiger partial charge in [0.2, 0.25) is 11.8 Å². The van der Waals surface area contributed by atoms with E-state index in [9.17, 15) is 14.4 Å². The zero-order valence-electron chi connectivity index (χ0n) is 18.8. The minimum atomic E-state index is -0.226. The molecular formula is C26H28N4O3. The van der Waals surface area contributed by atoms with E-state index in [1.807, 2.05) is 37.3 Å². The molecular weight excluding hydrogens is 416 g/mol. The van der Waals surface area contributed by atoms with Crippen LogP contribution in [0.25, 0.3) is 0 Å². The summed E-state index contributed by atoms with van der Waals surface area (Å²) in [6.45, 7) is 2.00. The number of amides is 3.